The van der Waals surface area contributed by atoms with Crippen molar-refractivity contribution in [2.24, 2.45) is 5.92 Å². The maximum atomic E-state index is 11.8. The largest absolute Gasteiger partial charge is 0.378 e. The third-order valence-corrected chi connectivity index (χ3v) is 4.79. The first-order valence-electron chi connectivity index (χ1n) is 8.93. The fourth-order valence-corrected chi connectivity index (χ4v) is 3.38. The molecule has 0 radical (unpaired) electrons. The fourth-order valence-electron chi connectivity index (χ4n) is 3.38. The van der Waals surface area contributed by atoms with Gasteiger partial charge in [-0.15, -0.1) is 0 Å². The second kappa shape index (κ2) is 10.2. The Morgan fingerprint density at radius 3 is 2.62 bits per heavy atom. The third kappa shape index (κ3) is 7.28. The zero-order valence-electron chi connectivity index (χ0n) is 13.4. The molecule has 1 saturated heterocycles. The van der Waals surface area contributed by atoms with E-state index in [1.807, 2.05) is 0 Å². The van der Waals surface area contributed by atoms with E-state index in [2.05, 4.69) is 10.6 Å². The van der Waals surface area contributed by atoms with Crippen molar-refractivity contribution in [1.29, 1.82) is 0 Å². The minimum atomic E-state index is 0.214. The third-order valence-electron chi connectivity index (χ3n) is 4.79. The Morgan fingerprint density at radius 1 is 1.10 bits per heavy atom. The molecule has 0 aromatic heterocycles. The molecule has 122 valence electrons. The number of hydrogen-bond donors (Lipinski definition) is 2. The van der Waals surface area contributed by atoms with E-state index in [-0.39, 0.29) is 5.91 Å². The molecule has 0 unspecified atom stereocenters. The molecule has 0 aromatic carbocycles. The Hall–Kier alpha value is -0.610. The highest BCUT2D eigenvalue weighted by Gasteiger charge is 2.15. The summed E-state index contributed by atoms with van der Waals surface area (Å²) in [6, 6.07) is 0. The molecular formula is C17H32N2O2. The maximum Gasteiger partial charge on any atom is 0.220 e. The molecule has 0 aromatic rings. The van der Waals surface area contributed by atoms with Crippen molar-refractivity contribution in [1.82, 2.24) is 10.6 Å². The maximum absolute atomic E-state index is 11.8. The summed E-state index contributed by atoms with van der Waals surface area (Å²) >= 11 is 0. The summed E-state index contributed by atoms with van der Waals surface area (Å²) in [7, 11) is 0. The lowest BCUT2D eigenvalue weighted by molar-refractivity contribution is -0.121. The van der Waals surface area contributed by atoms with Crippen LogP contribution in [0.3, 0.4) is 0 Å². The second-order valence-electron chi connectivity index (χ2n) is 6.57. The molecule has 4 heteroatoms. The number of ether oxygens (including phenoxy) is 1. The van der Waals surface area contributed by atoms with Crippen molar-refractivity contribution in [2.45, 2.75) is 70.3 Å². The van der Waals surface area contributed by atoms with Gasteiger partial charge in [0.25, 0.3) is 0 Å². The first-order chi connectivity index (χ1) is 10.3. The fraction of sp³-hybridized carbons (Fsp3) is 0.941. The van der Waals surface area contributed by atoms with Gasteiger partial charge in [-0.05, 0) is 57.5 Å². The van der Waals surface area contributed by atoms with Crippen LogP contribution in [-0.4, -0.2) is 38.3 Å². The van der Waals surface area contributed by atoms with Crippen LogP contribution in [0.25, 0.3) is 0 Å². The summed E-state index contributed by atoms with van der Waals surface area (Å²) in [5.41, 5.74) is 0. The van der Waals surface area contributed by atoms with Crippen molar-refractivity contribution in [3.63, 3.8) is 0 Å². The SMILES string of the molecule is O=C(CCC1CCNCC1)NCCCOC1CCCCC1. The number of amides is 1. The van der Waals surface area contributed by atoms with Crippen LogP contribution in [0.4, 0.5) is 0 Å². The molecule has 0 spiro atoms. The molecule has 21 heavy (non-hydrogen) atoms. The van der Waals surface area contributed by atoms with E-state index in [0.717, 1.165) is 45.0 Å². The van der Waals surface area contributed by atoms with Crippen molar-refractivity contribution in [3.05, 3.63) is 0 Å². The average molecular weight is 296 g/mol. The Kier molecular flexibility index (Phi) is 8.12. The van der Waals surface area contributed by atoms with E-state index in [9.17, 15) is 4.79 Å². The van der Waals surface area contributed by atoms with Gasteiger partial charge in [-0.1, -0.05) is 19.3 Å². The second-order valence-corrected chi connectivity index (χ2v) is 6.57. The highest BCUT2D eigenvalue weighted by Crippen LogP contribution is 2.20. The molecule has 1 saturated carbocycles. The summed E-state index contributed by atoms with van der Waals surface area (Å²) < 4.78 is 5.86. The zero-order chi connectivity index (χ0) is 14.8. The van der Waals surface area contributed by atoms with Crippen LogP contribution in [0, 0.1) is 5.92 Å². The van der Waals surface area contributed by atoms with Crippen LogP contribution in [0.1, 0.15) is 64.2 Å². The summed E-state index contributed by atoms with van der Waals surface area (Å²) in [5.74, 6) is 0.956. The van der Waals surface area contributed by atoms with Crippen molar-refractivity contribution >= 4 is 5.91 Å². The predicted octanol–water partition coefficient (Wildman–Crippen LogP) is 2.62. The van der Waals surface area contributed by atoms with Gasteiger partial charge in [0.2, 0.25) is 5.91 Å². The van der Waals surface area contributed by atoms with Crippen LogP contribution in [0.2, 0.25) is 0 Å². The first-order valence-corrected chi connectivity index (χ1v) is 8.93. The van der Waals surface area contributed by atoms with Crippen molar-refractivity contribution < 1.29 is 9.53 Å². The number of rotatable bonds is 8. The van der Waals surface area contributed by atoms with Crippen LogP contribution in [0.15, 0.2) is 0 Å². The monoisotopic (exact) mass is 296 g/mol. The van der Waals surface area contributed by atoms with E-state index in [4.69, 9.17) is 4.74 Å². The van der Waals surface area contributed by atoms with E-state index < -0.39 is 0 Å². The van der Waals surface area contributed by atoms with Crippen LogP contribution < -0.4 is 10.6 Å². The van der Waals surface area contributed by atoms with Gasteiger partial charge in [0.15, 0.2) is 0 Å². The van der Waals surface area contributed by atoms with Gasteiger partial charge in [0.1, 0.15) is 0 Å². The molecule has 0 bridgehead atoms. The molecule has 2 fully saturated rings. The van der Waals surface area contributed by atoms with Gasteiger partial charge in [0, 0.05) is 19.6 Å². The summed E-state index contributed by atoms with van der Waals surface area (Å²) in [6.07, 6.45) is 12.1. The minimum absolute atomic E-state index is 0.214. The number of carbonyl (C=O) groups excluding carboxylic acids is 1. The van der Waals surface area contributed by atoms with Gasteiger partial charge in [-0.2, -0.15) is 0 Å². The molecule has 1 heterocycles. The van der Waals surface area contributed by atoms with E-state index in [0.29, 0.717) is 12.5 Å². The number of carbonyl (C=O) groups is 1. The van der Waals surface area contributed by atoms with Gasteiger partial charge >= 0.3 is 0 Å². The van der Waals surface area contributed by atoms with E-state index >= 15 is 0 Å². The first kappa shape index (κ1) is 16.8. The summed E-state index contributed by atoms with van der Waals surface area (Å²) in [6.45, 7) is 3.78. The Balaban J connectivity index is 1.41. The average Bonchev–Trinajstić information content (AvgIpc) is 2.54. The van der Waals surface area contributed by atoms with Gasteiger partial charge in [-0.25, -0.2) is 0 Å². The van der Waals surface area contributed by atoms with Crippen LogP contribution >= 0.6 is 0 Å². The normalized spacial score (nSPS) is 21.3. The van der Waals surface area contributed by atoms with Crippen LogP contribution in [-0.2, 0) is 9.53 Å². The molecule has 1 amide bonds. The molecule has 2 rings (SSSR count). The summed E-state index contributed by atoms with van der Waals surface area (Å²) in [4.78, 5) is 11.8. The lowest BCUT2D eigenvalue weighted by Crippen LogP contribution is -2.30. The molecule has 2 N–H and O–H groups in total. The summed E-state index contributed by atoms with van der Waals surface area (Å²) in [5, 5.41) is 6.39. The Bertz CT molecular complexity index is 285. The number of nitrogens with one attached hydrogen (secondary N) is 2. The van der Waals surface area contributed by atoms with Gasteiger partial charge < -0.3 is 15.4 Å². The lowest BCUT2D eigenvalue weighted by atomic mass is 9.93. The number of piperidine rings is 1. The molecule has 1 aliphatic heterocycles. The highest BCUT2D eigenvalue weighted by atomic mass is 16.5. The van der Waals surface area contributed by atoms with Gasteiger partial charge in [0.05, 0.1) is 6.10 Å². The predicted molar refractivity (Wildman–Crippen MR) is 85.3 cm³/mol. The highest BCUT2D eigenvalue weighted by molar-refractivity contribution is 5.75. The quantitative estimate of drug-likeness (QED) is 0.677. The Labute approximate surface area is 129 Å². The Morgan fingerprint density at radius 2 is 1.86 bits per heavy atom. The van der Waals surface area contributed by atoms with Crippen molar-refractivity contribution in [3.8, 4) is 0 Å². The molecule has 2 aliphatic rings. The molecule has 4 nitrogen and oxygen atoms in total. The lowest BCUT2D eigenvalue weighted by Gasteiger charge is -2.22. The molecular weight excluding hydrogens is 264 g/mol. The van der Waals surface area contributed by atoms with Crippen LogP contribution in [0.5, 0.6) is 0 Å². The smallest absolute Gasteiger partial charge is 0.220 e. The van der Waals surface area contributed by atoms with E-state index in [1.165, 1.54) is 44.9 Å². The number of hydrogen-bond acceptors (Lipinski definition) is 3. The van der Waals surface area contributed by atoms with Gasteiger partial charge in [-0.3, -0.25) is 4.79 Å². The minimum Gasteiger partial charge on any atom is -0.378 e. The standard InChI is InChI=1S/C17H32N2O2/c20-17(8-7-15-9-12-18-13-10-15)19-11-4-14-21-16-5-2-1-3-6-16/h15-16,18H,1-14H2,(H,19,20). The van der Waals surface area contributed by atoms with E-state index in [1.54, 1.807) is 0 Å². The zero-order valence-corrected chi connectivity index (χ0v) is 13.4. The molecule has 1 aliphatic carbocycles. The topological polar surface area (TPSA) is 50.4 Å². The molecule has 0 atom stereocenters. The van der Waals surface area contributed by atoms with Crippen molar-refractivity contribution in [2.75, 3.05) is 26.2 Å².